The highest BCUT2D eigenvalue weighted by Crippen LogP contribution is 2.23. The van der Waals surface area contributed by atoms with Crippen molar-refractivity contribution in [3.63, 3.8) is 0 Å². The maximum Gasteiger partial charge on any atom is 0.298 e. The molecule has 0 aliphatic heterocycles. The lowest BCUT2D eigenvalue weighted by molar-refractivity contribution is 0.309. The Bertz CT molecular complexity index is 1040. The number of hydrogen-bond donors (Lipinski definition) is 6. The zero-order valence-corrected chi connectivity index (χ0v) is 20.5. The van der Waals surface area contributed by atoms with Gasteiger partial charge in [0.05, 0.1) is 0 Å². The zero-order valence-electron chi connectivity index (χ0n) is 18.9. The molecule has 0 heterocycles. The van der Waals surface area contributed by atoms with E-state index in [1.54, 1.807) is 13.8 Å². The van der Waals surface area contributed by atoms with Gasteiger partial charge in [-0.2, -0.15) is 16.8 Å². The third-order valence-corrected chi connectivity index (χ3v) is 6.25. The first-order valence-electron chi connectivity index (χ1n) is 9.19. The van der Waals surface area contributed by atoms with E-state index in [9.17, 15) is 16.8 Å². The summed E-state index contributed by atoms with van der Waals surface area (Å²) in [5, 5.41) is 18.2. The second-order valence-electron chi connectivity index (χ2n) is 8.34. The van der Waals surface area contributed by atoms with Crippen molar-refractivity contribution in [3.8, 4) is 11.5 Å². The second-order valence-corrected chi connectivity index (χ2v) is 11.1. The monoisotopic (exact) mass is 492 g/mol. The van der Waals surface area contributed by atoms with E-state index < -0.39 is 41.5 Å². The molecule has 2 rings (SSSR count). The van der Waals surface area contributed by atoms with Crippen LogP contribution in [0.2, 0.25) is 0 Å². The fraction of sp³-hybridized carbons (Fsp3) is 0.400. The predicted molar refractivity (Wildman–Crippen MR) is 122 cm³/mol. The smallest absolute Gasteiger partial charge is 0.298 e. The summed E-state index contributed by atoms with van der Waals surface area (Å²) in [6, 6.07) is 7.82. The van der Waals surface area contributed by atoms with Crippen LogP contribution in [0.15, 0.2) is 46.2 Å². The summed E-state index contributed by atoms with van der Waals surface area (Å²) in [4.78, 5) is -0.929. The molecule has 2 aromatic rings. The first-order valence-corrected chi connectivity index (χ1v) is 12.1. The van der Waals surface area contributed by atoms with E-state index in [1.165, 1.54) is 24.3 Å². The molecule has 0 saturated heterocycles. The molecule has 0 amide bonds. The highest BCUT2D eigenvalue weighted by atomic mass is 32.2. The Labute approximate surface area is 189 Å². The van der Waals surface area contributed by atoms with E-state index in [1.807, 2.05) is 27.7 Å². The molecule has 0 fully saturated rings. The highest BCUT2D eigenvalue weighted by Gasteiger charge is 2.28. The SMILES string of the molecule is CC(C)(N)C(C)(C)N.Cc1ccc(S(=O)(=O)O)c(O)c1.Cc1ccc(S(=O)(=O)O)c(O)c1. The van der Waals surface area contributed by atoms with Gasteiger partial charge in [0.1, 0.15) is 21.3 Å². The summed E-state index contributed by atoms with van der Waals surface area (Å²) in [6.45, 7) is 11.1. The Kier molecular flexibility index (Phi) is 9.86. The van der Waals surface area contributed by atoms with Gasteiger partial charge in [-0.1, -0.05) is 12.1 Å². The molecule has 182 valence electrons. The van der Waals surface area contributed by atoms with Crippen molar-refractivity contribution in [2.45, 2.75) is 62.4 Å². The Hall–Kier alpha value is -2.22. The molecule has 32 heavy (non-hydrogen) atoms. The molecule has 8 N–H and O–H groups in total. The normalized spacial score (nSPS) is 12.2. The van der Waals surface area contributed by atoms with E-state index in [4.69, 9.17) is 30.8 Å². The first-order chi connectivity index (χ1) is 14.1. The van der Waals surface area contributed by atoms with Crippen LogP contribution in [0.1, 0.15) is 38.8 Å². The summed E-state index contributed by atoms with van der Waals surface area (Å²) in [7, 11) is -8.60. The van der Waals surface area contributed by atoms with E-state index in [2.05, 4.69) is 0 Å². The first kappa shape index (κ1) is 29.8. The van der Waals surface area contributed by atoms with E-state index in [-0.39, 0.29) is 11.1 Å². The summed E-state index contributed by atoms with van der Waals surface area (Å²) < 4.78 is 59.4. The molecule has 2 aromatic carbocycles. The average Bonchev–Trinajstić information content (AvgIpc) is 2.51. The van der Waals surface area contributed by atoms with Gasteiger partial charge >= 0.3 is 0 Å². The van der Waals surface area contributed by atoms with Gasteiger partial charge in [0.2, 0.25) is 0 Å². The molecule has 0 aliphatic rings. The molecule has 0 unspecified atom stereocenters. The van der Waals surface area contributed by atoms with Gasteiger partial charge in [-0.15, -0.1) is 0 Å². The van der Waals surface area contributed by atoms with Gasteiger partial charge < -0.3 is 21.7 Å². The van der Waals surface area contributed by atoms with Crippen molar-refractivity contribution >= 4 is 20.2 Å². The third kappa shape index (κ3) is 9.94. The number of rotatable bonds is 3. The Morgan fingerprint density at radius 2 is 0.906 bits per heavy atom. The van der Waals surface area contributed by atoms with Crippen LogP contribution in [0.4, 0.5) is 0 Å². The fourth-order valence-electron chi connectivity index (χ4n) is 1.69. The van der Waals surface area contributed by atoms with Crippen molar-refractivity contribution in [1.29, 1.82) is 0 Å². The Morgan fingerprint density at radius 1 is 0.656 bits per heavy atom. The molecular formula is C20H32N2O8S2. The van der Waals surface area contributed by atoms with Crippen molar-refractivity contribution < 1.29 is 36.2 Å². The van der Waals surface area contributed by atoms with E-state index >= 15 is 0 Å². The van der Waals surface area contributed by atoms with Crippen molar-refractivity contribution in [3.05, 3.63) is 47.5 Å². The molecule has 12 heteroatoms. The molecule has 0 aliphatic carbocycles. The maximum atomic E-state index is 10.6. The molecule has 0 saturated carbocycles. The van der Waals surface area contributed by atoms with E-state index in [0.717, 1.165) is 23.3 Å². The Balaban J connectivity index is 0.000000462. The second kappa shape index (κ2) is 10.6. The molecule has 0 atom stereocenters. The minimum Gasteiger partial charge on any atom is -0.506 e. The van der Waals surface area contributed by atoms with Gasteiger partial charge in [0.25, 0.3) is 20.2 Å². The quantitative estimate of drug-likeness (QED) is 0.345. The van der Waals surface area contributed by atoms with Crippen LogP contribution in [-0.4, -0.2) is 47.2 Å². The van der Waals surface area contributed by atoms with Crippen molar-refractivity contribution in [2.75, 3.05) is 0 Å². The van der Waals surface area contributed by atoms with Crippen LogP contribution in [0.25, 0.3) is 0 Å². The fourth-order valence-corrected chi connectivity index (χ4v) is 2.82. The largest absolute Gasteiger partial charge is 0.506 e. The van der Waals surface area contributed by atoms with Gasteiger partial charge in [0, 0.05) is 11.1 Å². The lowest BCUT2D eigenvalue weighted by Crippen LogP contribution is -2.58. The van der Waals surface area contributed by atoms with Crippen molar-refractivity contribution in [2.24, 2.45) is 11.5 Å². The number of aryl methyl sites for hydroxylation is 2. The lowest BCUT2D eigenvalue weighted by Gasteiger charge is -2.34. The predicted octanol–water partition coefficient (Wildman–Crippen LogP) is 2.36. The summed E-state index contributed by atoms with van der Waals surface area (Å²) in [5.41, 5.74) is 12.2. The summed E-state index contributed by atoms with van der Waals surface area (Å²) in [5.74, 6) is -0.866. The number of benzene rings is 2. The third-order valence-electron chi connectivity index (χ3n) is 4.45. The van der Waals surface area contributed by atoms with Crippen LogP contribution in [-0.2, 0) is 20.2 Å². The molecule has 0 aromatic heterocycles. The van der Waals surface area contributed by atoms with E-state index in [0.29, 0.717) is 0 Å². The van der Waals surface area contributed by atoms with Crippen LogP contribution < -0.4 is 11.5 Å². The minimum absolute atomic E-state index is 0.285. The number of aromatic hydroxyl groups is 2. The average molecular weight is 493 g/mol. The summed E-state index contributed by atoms with van der Waals surface area (Å²) in [6.07, 6.45) is 0. The molecule has 10 nitrogen and oxygen atoms in total. The van der Waals surface area contributed by atoms with Gasteiger partial charge in [0.15, 0.2) is 0 Å². The topological polar surface area (TPSA) is 201 Å². The minimum atomic E-state index is -4.30. The maximum absolute atomic E-state index is 10.6. The van der Waals surface area contributed by atoms with Crippen LogP contribution >= 0.6 is 0 Å². The molecule has 0 spiro atoms. The number of phenolic OH excluding ortho intramolecular Hbond substituents is 2. The van der Waals surface area contributed by atoms with Crippen LogP contribution in [0, 0.1) is 13.8 Å². The molecule has 0 bridgehead atoms. The molecule has 0 radical (unpaired) electrons. The van der Waals surface area contributed by atoms with Gasteiger partial charge in [-0.3, -0.25) is 9.11 Å². The summed E-state index contributed by atoms with van der Waals surface area (Å²) >= 11 is 0. The zero-order chi connectivity index (χ0) is 25.7. The number of hydrogen-bond acceptors (Lipinski definition) is 8. The standard InChI is InChI=1S/2C7H8O4S.C6H16N2/c2*1-5-2-3-7(6(8)4-5)12(9,10)11;1-5(2,7)6(3,4)8/h2*2-4,8H,1H3,(H,9,10,11);7-8H2,1-4H3. The number of nitrogens with two attached hydrogens (primary N) is 2. The van der Waals surface area contributed by atoms with Gasteiger partial charge in [-0.25, -0.2) is 0 Å². The molecular weight excluding hydrogens is 460 g/mol. The lowest BCUT2D eigenvalue weighted by atomic mass is 9.85. The Morgan fingerprint density at radius 3 is 1.06 bits per heavy atom. The van der Waals surface area contributed by atoms with Crippen molar-refractivity contribution in [1.82, 2.24) is 0 Å². The number of phenols is 2. The van der Waals surface area contributed by atoms with Crippen LogP contribution in [0.3, 0.4) is 0 Å². The highest BCUT2D eigenvalue weighted by molar-refractivity contribution is 7.86. The van der Waals surface area contributed by atoms with Crippen LogP contribution in [0.5, 0.6) is 11.5 Å². The van der Waals surface area contributed by atoms with Gasteiger partial charge in [-0.05, 0) is 76.9 Å².